The third kappa shape index (κ3) is 3.96. The molecule has 1 saturated heterocycles. The Bertz CT molecular complexity index is 793. The van der Waals surface area contributed by atoms with Crippen molar-refractivity contribution in [1.82, 2.24) is 9.88 Å². The molecule has 1 unspecified atom stereocenters. The third-order valence-electron chi connectivity index (χ3n) is 4.23. The Kier molecular flexibility index (Phi) is 5.09. The van der Waals surface area contributed by atoms with Gasteiger partial charge in [0.2, 0.25) is 11.8 Å². The number of hydrogen-bond donors (Lipinski definition) is 0. The van der Waals surface area contributed by atoms with Crippen molar-refractivity contribution in [2.75, 3.05) is 20.3 Å². The quantitative estimate of drug-likeness (QED) is 0.715. The molecule has 28 heavy (non-hydrogen) atoms. The fourth-order valence-electron chi connectivity index (χ4n) is 2.95. The van der Waals surface area contributed by atoms with Gasteiger partial charge in [-0.25, -0.2) is 19.6 Å². The third-order valence-corrected chi connectivity index (χ3v) is 4.23. The second kappa shape index (κ2) is 7.08. The van der Waals surface area contributed by atoms with Gasteiger partial charge in [0.05, 0.1) is 13.7 Å². The Balaban J connectivity index is 1.82. The number of hydrogen-bond acceptors (Lipinski definition) is 9. The van der Waals surface area contributed by atoms with Gasteiger partial charge in [0, 0.05) is 0 Å². The van der Waals surface area contributed by atoms with Gasteiger partial charge in [0.1, 0.15) is 30.2 Å². The van der Waals surface area contributed by atoms with Gasteiger partial charge in [-0.3, -0.25) is 4.90 Å². The molecule has 3 rings (SSSR count). The van der Waals surface area contributed by atoms with Gasteiger partial charge in [-0.1, -0.05) is 0 Å². The van der Waals surface area contributed by atoms with Crippen LogP contribution in [0.3, 0.4) is 0 Å². The molecule has 3 heterocycles. The van der Waals surface area contributed by atoms with Crippen molar-refractivity contribution < 1.29 is 33.0 Å². The Morgan fingerprint density at radius 3 is 2.64 bits per heavy atom. The van der Waals surface area contributed by atoms with Crippen molar-refractivity contribution in [1.29, 1.82) is 0 Å². The first-order valence-corrected chi connectivity index (χ1v) is 8.92. The van der Waals surface area contributed by atoms with Crippen LogP contribution in [0.15, 0.2) is 15.7 Å². The minimum atomic E-state index is -0.890. The number of rotatable bonds is 3. The smallest absolute Gasteiger partial charge is 0.413 e. The predicted molar refractivity (Wildman–Crippen MR) is 95.6 cm³/mol. The van der Waals surface area contributed by atoms with Crippen LogP contribution in [-0.4, -0.2) is 65.5 Å². The number of nitrogens with zero attached hydrogens (tertiary/aromatic N) is 3. The molecule has 1 aromatic heterocycles. The number of ether oxygens (including phenoxy) is 4. The number of methoxy groups -OCH3 is 1. The molecule has 154 valence electrons. The van der Waals surface area contributed by atoms with Crippen LogP contribution in [0.5, 0.6) is 0 Å². The lowest BCUT2D eigenvalue weighted by Gasteiger charge is -2.34. The van der Waals surface area contributed by atoms with Crippen LogP contribution in [0.4, 0.5) is 4.79 Å². The molecule has 2 aliphatic rings. The highest BCUT2D eigenvalue weighted by molar-refractivity contribution is 5.95. The van der Waals surface area contributed by atoms with Gasteiger partial charge >= 0.3 is 12.1 Å². The first-order valence-electron chi connectivity index (χ1n) is 8.92. The Morgan fingerprint density at radius 1 is 1.29 bits per heavy atom. The Labute approximate surface area is 162 Å². The van der Waals surface area contributed by atoms with E-state index in [-0.39, 0.29) is 25.0 Å². The van der Waals surface area contributed by atoms with Crippen LogP contribution in [-0.2, 0) is 23.7 Å². The minimum absolute atomic E-state index is 0.0772. The number of carbonyl (C=O) groups is 2. The molecule has 1 aromatic rings. The molecule has 1 fully saturated rings. The van der Waals surface area contributed by atoms with Crippen LogP contribution >= 0.6 is 0 Å². The molecule has 0 aromatic carbocycles. The largest absolute Gasteiger partial charge is 0.473 e. The molecule has 0 N–H and O–H groups in total. The van der Waals surface area contributed by atoms with Crippen molar-refractivity contribution in [2.45, 2.75) is 58.0 Å². The molecule has 10 heteroatoms. The van der Waals surface area contributed by atoms with Gasteiger partial charge in [-0.15, -0.1) is 0 Å². The summed E-state index contributed by atoms with van der Waals surface area (Å²) in [6, 6.07) is -1.30. The summed E-state index contributed by atoms with van der Waals surface area (Å²) in [4.78, 5) is 34.3. The molecule has 10 nitrogen and oxygen atoms in total. The summed E-state index contributed by atoms with van der Waals surface area (Å²) >= 11 is 0. The molecule has 2 atom stereocenters. The topological polar surface area (TPSA) is 113 Å². The van der Waals surface area contributed by atoms with Gasteiger partial charge in [-0.05, 0) is 34.6 Å². The van der Waals surface area contributed by atoms with Crippen molar-refractivity contribution >= 4 is 18.0 Å². The zero-order chi connectivity index (χ0) is 20.7. The van der Waals surface area contributed by atoms with Crippen molar-refractivity contribution in [3.8, 4) is 0 Å². The van der Waals surface area contributed by atoms with E-state index in [1.807, 2.05) is 0 Å². The molecule has 1 amide bonds. The predicted octanol–water partition coefficient (Wildman–Crippen LogP) is 2.04. The van der Waals surface area contributed by atoms with E-state index in [1.54, 1.807) is 34.6 Å². The summed E-state index contributed by atoms with van der Waals surface area (Å²) in [5.41, 5.74) is -1.22. The number of amides is 1. The summed E-state index contributed by atoms with van der Waals surface area (Å²) in [7, 11) is 1.29. The van der Waals surface area contributed by atoms with Gasteiger partial charge in [0.15, 0.2) is 11.7 Å². The molecule has 2 aliphatic heterocycles. The molecule has 0 bridgehead atoms. The Morgan fingerprint density at radius 2 is 2.00 bits per heavy atom. The highest BCUT2D eigenvalue weighted by Gasteiger charge is 2.48. The fourth-order valence-corrected chi connectivity index (χ4v) is 2.95. The standard InChI is InChI=1S/C18H25N3O7/c1-17(2,3)28-16(23)21-12(9-27-18(21,4)5)14-19-10(7-26-14)13-20-11(8-25-13)15(22)24-6/h7,11-12H,8-9H2,1-6H3/t11?,12-/m0/s1. The lowest BCUT2D eigenvalue weighted by Crippen LogP contribution is -2.47. The number of aliphatic imine (C=N–C) groups is 1. The number of oxazole rings is 1. The maximum atomic E-state index is 12.7. The summed E-state index contributed by atoms with van der Waals surface area (Å²) in [6.07, 6.45) is 0.840. The molecule has 0 aliphatic carbocycles. The van der Waals surface area contributed by atoms with E-state index in [9.17, 15) is 9.59 Å². The van der Waals surface area contributed by atoms with E-state index in [4.69, 9.17) is 18.6 Å². The second-order valence-electron chi connectivity index (χ2n) is 7.98. The van der Waals surface area contributed by atoms with E-state index in [0.29, 0.717) is 5.69 Å². The average molecular weight is 395 g/mol. The van der Waals surface area contributed by atoms with Gasteiger partial charge < -0.3 is 23.4 Å². The summed E-state index contributed by atoms with van der Waals surface area (Å²) in [6.45, 7) is 9.19. The van der Waals surface area contributed by atoms with Crippen LogP contribution in [0, 0.1) is 0 Å². The average Bonchev–Trinajstić information content (AvgIpc) is 3.29. The van der Waals surface area contributed by atoms with Crippen LogP contribution in [0.1, 0.15) is 52.2 Å². The number of esters is 1. The van der Waals surface area contributed by atoms with E-state index in [2.05, 4.69) is 14.7 Å². The zero-order valence-electron chi connectivity index (χ0n) is 16.8. The second-order valence-corrected chi connectivity index (χ2v) is 7.98. The highest BCUT2D eigenvalue weighted by atomic mass is 16.6. The molecule has 0 radical (unpaired) electrons. The maximum Gasteiger partial charge on any atom is 0.413 e. The molecule has 0 spiro atoms. The maximum absolute atomic E-state index is 12.7. The van der Waals surface area contributed by atoms with Crippen molar-refractivity contribution in [3.05, 3.63) is 17.8 Å². The van der Waals surface area contributed by atoms with Gasteiger partial charge in [0.25, 0.3) is 0 Å². The molecule has 0 saturated carbocycles. The lowest BCUT2D eigenvalue weighted by atomic mass is 10.2. The lowest BCUT2D eigenvalue weighted by molar-refractivity contribution is -0.142. The zero-order valence-corrected chi connectivity index (χ0v) is 16.8. The fraction of sp³-hybridized carbons (Fsp3) is 0.667. The number of aromatic nitrogens is 1. The SMILES string of the molecule is COC(=O)C1COC(c2coc([C@@H]3COC(C)(C)N3C(=O)OC(C)(C)C)n2)=N1. The highest BCUT2D eigenvalue weighted by Crippen LogP contribution is 2.37. The summed E-state index contributed by atoms with van der Waals surface area (Å²) < 4.78 is 26.9. The van der Waals surface area contributed by atoms with Crippen LogP contribution in [0.25, 0.3) is 0 Å². The normalized spacial score (nSPS) is 23.9. The first kappa shape index (κ1) is 20.1. The molecular formula is C18H25N3O7. The summed E-state index contributed by atoms with van der Waals surface area (Å²) in [5.74, 6) is -0.0348. The minimum Gasteiger partial charge on any atom is -0.473 e. The van der Waals surface area contributed by atoms with Crippen LogP contribution < -0.4 is 0 Å². The van der Waals surface area contributed by atoms with E-state index in [0.717, 1.165) is 0 Å². The summed E-state index contributed by atoms with van der Waals surface area (Å²) in [5, 5.41) is 0. The van der Waals surface area contributed by atoms with Crippen molar-refractivity contribution in [3.63, 3.8) is 0 Å². The van der Waals surface area contributed by atoms with E-state index < -0.39 is 35.5 Å². The number of carbonyl (C=O) groups excluding carboxylic acids is 2. The Hall–Kier alpha value is -2.62. The van der Waals surface area contributed by atoms with Gasteiger partial charge in [-0.2, -0.15) is 0 Å². The first-order chi connectivity index (χ1) is 13.0. The van der Waals surface area contributed by atoms with E-state index in [1.165, 1.54) is 18.3 Å². The van der Waals surface area contributed by atoms with Crippen molar-refractivity contribution in [2.24, 2.45) is 4.99 Å². The molecular weight excluding hydrogens is 370 g/mol. The van der Waals surface area contributed by atoms with Crippen LogP contribution in [0.2, 0.25) is 0 Å². The van der Waals surface area contributed by atoms with E-state index >= 15 is 0 Å². The monoisotopic (exact) mass is 395 g/mol.